The first-order chi connectivity index (χ1) is 6.60. The number of ether oxygens (including phenoxy) is 1. The average molecular weight is 211 g/mol. The number of hydrogen-bond acceptors (Lipinski definition) is 1. The molecule has 1 aromatic rings. The van der Waals surface area contributed by atoms with Crippen LogP contribution in [-0.2, 0) is 0 Å². The fraction of sp³-hybridized carbons (Fsp3) is 0.333. The van der Waals surface area contributed by atoms with Crippen molar-refractivity contribution in [3.8, 4) is 5.75 Å². The molecular formula is C12H15ClO. The van der Waals surface area contributed by atoms with E-state index in [2.05, 4.69) is 26.5 Å². The summed E-state index contributed by atoms with van der Waals surface area (Å²) >= 11 is 5.75. The Morgan fingerprint density at radius 1 is 1.36 bits per heavy atom. The van der Waals surface area contributed by atoms with Crippen LogP contribution in [0, 0.1) is 13.8 Å². The first kappa shape index (κ1) is 11.1. The van der Waals surface area contributed by atoms with Gasteiger partial charge in [-0.1, -0.05) is 6.58 Å². The number of benzene rings is 1. The summed E-state index contributed by atoms with van der Waals surface area (Å²) < 4.78 is 5.28. The van der Waals surface area contributed by atoms with Gasteiger partial charge in [-0.15, -0.1) is 11.6 Å². The minimum atomic E-state index is 0.429. The van der Waals surface area contributed by atoms with Crippen LogP contribution in [0.1, 0.15) is 16.7 Å². The zero-order valence-corrected chi connectivity index (χ0v) is 9.61. The maximum Gasteiger partial charge on any atom is 0.126 e. The first-order valence-corrected chi connectivity index (χ1v) is 5.03. The minimum absolute atomic E-state index is 0.429. The van der Waals surface area contributed by atoms with Crippen molar-refractivity contribution in [2.75, 3.05) is 13.0 Å². The molecule has 1 aromatic carbocycles. The quantitative estimate of drug-likeness (QED) is 0.694. The number of halogens is 1. The summed E-state index contributed by atoms with van der Waals surface area (Å²) in [6, 6.07) is 4.08. The highest BCUT2D eigenvalue weighted by Crippen LogP contribution is 2.28. The lowest BCUT2D eigenvalue weighted by molar-refractivity contribution is 0.413. The lowest BCUT2D eigenvalue weighted by Crippen LogP contribution is -1.94. The molecule has 0 aliphatic rings. The van der Waals surface area contributed by atoms with Crippen molar-refractivity contribution < 1.29 is 4.74 Å². The van der Waals surface area contributed by atoms with E-state index in [0.29, 0.717) is 5.88 Å². The summed E-state index contributed by atoms with van der Waals surface area (Å²) in [7, 11) is 1.66. The molecule has 0 radical (unpaired) electrons. The fourth-order valence-corrected chi connectivity index (χ4v) is 1.45. The number of methoxy groups -OCH3 is 1. The smallest absolute Gasteiger partial charge is 0.126 e. The molecule has 1 rings (SSSR count). The molecule has 0 saturated heterocycles. The molecule has 0 heterocycles. The van der Waals surface area contributed by atoms with Gasteiger partial charge in [0.2, 0.25) is 0 Å². The number of rotatable bonds is 3. The highest BCUT2D eigenvalue weighted by atomic mass is 35.5. The summed E-state index contributed by atoms with van der Waals surface area (Å²) in [6.07, 6.45) is 0. The molecule has 0 aliphatic carbocycles. The SMILES string of the molecule is C=C(CCl)c1cc(C)c(C)cc1OC. The second-order valence-corrected chi connectivity index (χ2v) is 3.64. The Balaban J connectivity index is 3.27. The Kier molecular flexibility index (Phi) is 3.59. The van der Waals surface area contributed by atoms with Crippen molar-refractivity contribution in [3.63, 3.8) is 0 Å². The zero-order valence-electron chi connectivity index (χ0n) is 8.86. The van der Waals surface area contributed by atoms with Gasteiger partial charge >= 0.3 is 0 Å². The predicted molar refractivity (Wildman–Crippen MR) is 62.2 cm³/mol. The largest absolute Gasteiger partial charge is 0.496 e. The van der Waals surface area contributed by atoms with E-state index in [1.807, 2.05) is 6.07 Å². The molecule has 0 fully saturated rings. The topological polar surface area (TPSA) is 9.23 Å². The van der Waals surface area contributed by atoms with Crippen LogP contribution in [0.25, 0.3) is 5.57 Å². The number of hydrogen-bond donors (Lipinski definition) is 0. The summed E-state index contributed by atoms with van der Waals surface area (Å²) in [4.78, 5) is 0. The van der Waals surface area contributed by atoms with Crippen molar-refractivity contribution >= 4 is 17.2 Å². The van der Waals surface area contributed by atoms with Crippen LogP contribution in [0.2, 0.25) is 0 Å². The Labute approximate surface area is 90.3 Å². The molecule has 0 unspecified atom stereocenters. The molecular weight excluding hydrogens is 196 g/mol. The van der Waals surface area contributed by atoms with Crippen molar-refractivity contribution in [2.24, 2.45) is 0 Å². The van der Waals surface area contributed by atoms with Crippen LogP contribution < -0.4 is 4.74 Å². The molecule has 14 heavy (non-hydrogen) atoms. The monoisotopic (exact) mass is 210 g/mol. The molecule has 0 spiro atoms. The molecule has 0 amide bonds. The first-order valence-electron chi connectivity index (χ1n) is 4.49. The number of aryl methyl sites for hydroxylation is 2. The highest BCUT2D eigenvalue weighted by molar-refractivity contribution is 6.23. The van der Waals surface area contributed by atoms with Gasteiger partial charge in [-0.2, -0.15) is 0 Å². The Hall–Kier alpha value is -0.950. The van der Waals surface area contributed by atoms with Crippen LogP contribution in [-0.4, -0.2) is 13.0 Å². The molecule has 1 nitrogen and oxygen atoms in total. The molecule has 0 atom stereocenters. The molecule has 0 bridgehead atoms. The third-order valence-electron chi connectivity index (χ3n) is 2.36. The molecule has 0 N–H and O–H groups in total. The van der Waals surface area contributed by atoms with E-state index in [-0.39, 0.29) is 0 Å². The van der Waals surface area contributed by atoms with E-state index in [4.69, 9.17) is 16.3 Å². The third-order valence-corrected chi connectivity index (χ3v) is 2.68. The summed E-state index contributed by atoms with van der Waals surface area (Å²) in [5.41, 5.74) is 4.34. The van der Waals surface area contributed by atoms with Gasteiger partial charge in [-0.05, 0) is 42.7 Å². The van der Waals surface area contributed by atoms with Gasteiger partial charge in [0.15, 0.2) is 0 Å². The second-order valence-electron chi connectivity index (χ2n) is 3.37. The Morgan fingerprint density at radius 2 is 1.93 bits per heavy atom. The van der Waals surface area contributed by atoms with Crippen molar-refractivity contribution in [1.29, 1.82) is 0 Å². The predicted octanol–water partition coefficient (Wildman–Crippen LogP) is 3.56. The van der Waals surface area contributed by atoms with Crippen LogP contribution >= 0.6 is 11.6 Å². The van der Waals surface area contributed by atoms with E-state index in [0.717, 1.165) is 16.9 Å². The Bertz CT molecular complexity index is 356. The maximum absolute atomic E-state index is 5.75. The minimum Gasteiger partial charge on any atom is -0.496 e. The van der Waals surface area contributed by atoms with Gasteiger partial charge in [-0.3, -0.25) is 0 Å². The van der Waals surface area contributed by atoms with E-state index in [1.165, 1.54) is 11.1 Å². The van der Waals surface area contributed by atoms with Gasteiger partial charge < -0.3 is 4.74 Å². The summed E-state index contributed by atoms with van der Waals surface area (Å²) in [6.45, 7) is 8.04. The third kappa shape index (κ3) is 2.10. The maximum atomic E-state index is 5.75. The van der Waals surface area contributed by atoms with Gasteiger partial charge in [0.25, 0.3) is 0 Å². The molecule has 76 valence electrons. The van der Waals surface area contributed by atoms with Crippen molar-refractivity contribution in [2.45, 2.75) is 13.8 Å². The fourth-order valence-electron chi connectivity index (χ4n) is 1.31. The summed E-state index contributed by atoms with van der Waals surface area (Å²) in [5, 5.41) is 0. The van der Waals surface area contributed by atoms with Gasteiger partial charge in [0.1, 0.15) is 5.75 Å². The van der Waals surface area contributed by atoms with Crippen molar-refractivity contribution in [1.82, 2.24) is 0 Å². The van der Waals surface area contributed by atoms with Crippen LogP contribution in [0.15, 0.2) is 18.7 Å². The number of alkyl halides is 1. The van der Waals surface area contributed by atoms with E-state index >= 15 is 0 Å². The van der Waals surface area contributed by atoms with Gasteiger partial charge in [-0.25, -0.2) is 0 Å². The van der Waals surface area contributed by atoms with Gasteiger partial charge in [0.05, 0.1) is 7.11 Å². The van der Waals surface area contributed by atoms with E-state index in [9.17, 15) is 0 Å². The molecule has 2 heteroatoms. The number of allylic oxidation sites excluding steroid dienone is 1. The summed E-state index contributed by atoms with van der Waals surface area (Å²) in [5.74, 6) is 1.28. The molecule has 0 saturated carbocycles. The zero-order chi connectivity index (χ0) is 10.7. The lowest BCUT2D eigenvalue weighted by Gasteiger charge is -2.12. The molecule has 0 aromatic heterocycles. The molecule has 0 aliphatic heterocycles. The second kappa shape index (κ2) is 4.52. The Morgan fingerprint density at radius 3 is 2.43 bits per heavy atom. The van der Waals surface area contributed by atoms with E-state index < -0.39 is 0 Å². The van der Waals surface area contributed by atoms with Crippen LogP contribution in [0.4, 0.5) is 0 Å². The van der Waals surface area contributed by atoms with Crippen LogP contribution in [0.3, 0.4) is 0 Å². The van der Waals surface area contributed by atoms with Crippen LogP contribution in [0.5, 0.6) is 5.75 Å². The van der Waals surface area contributed by atoms with E-state index in [1.54, 1.807) is 7.11 Å². The lowest BCUT2D eigenvalue weighted by atomic mass is 10.0. The average Bonchev–Trinajstić information content (AvgIpc) is 2.20. The van der Waals surface area contributed by atoms with Crippen molar-refractivity contribution in [3.05, 3.63) is 35.4 Å². The normalized spacial score (nSPS) is 10.0. The van der Waals surface area contributed by atoms with Gasteiger partial charge in [0, 0.05) is 11.4 Å². The standard InChI is InChI=1S/C12H15ClO/c1-8-5-11(10(3)7-13)12(14-4)6-9(8)2/h5-6H,3,7H2,1-2,4H3. The highest BCUT2D eigenvalue weighted by Gasteiger charge is 2.07.